The molecule has 0 aliphatic heterocycles. The molecular weight excluding hydrogens is 292 g/mol. The summed E-state index contributed by atoms with van der Waals surface area (Å²) in [6.07, 6.45) is 0. The van der Waals surface area contributed by atoms with Crippen molar-refractivity contribution in [3.05, 3.63) is 46.7 Å². The predicted octanol–water partition coefficient (Wildman–Crippen LogP) is 2.59. The Labute approximate surface area is 123 Å². The molecule has 0 spiro atoms. The van der Waals surface area contributed by atoms with Gasteiger partial charge in [0.05, 0.1) is 4.90 Å². The number of benzene rings is 1. The molecule has 0 bridgehead atoms. The number of nitrogens with one attached hydrogen (secondary N) is 1. The van der Waals surface area contributed by atoms with Crippen molar-refractivity contribution in [3.63, 3.8) is 0 Å². The van der Waals surface area contributed by atoms with Gasteiger partial charge in [-0.3, -0.25) is 0 Å². The van der Waals surface area contributed by atoms with E-state index in [1.54, 1.807) is 23.5 Å². The number of thiophene rings is 1. The van der Waals surface area contributed by atoms with E-state index in [0.29, 0.717) is 12.2 Å². The van der Waals surface area contributed by atoms with Gasteiger partial charge >= 0.3 is 0 Å². The van der Waals surface area contributed by atoms with Gasteiger partial charge in [0.25, 0.3) is 0 Å². The van der Waals surface area contributed by atoms with Crippen LogP contribution in [0.3, 0.4) is 0 Å². The number of hydrogen-bond donors (Lipinski definition) is 2. The Balaban J connectivity index is 2.14. The Kier molecular flexibility index (Phi) is 4.17. The van der Waals surface area contributed by atoms with E-state index in [9.17, 15) is 8.42 Å². The number of anilines is 1. The van der Waals surface area contributed by atoms with Crippen LogP contribution in [0.15, 0.2) is 46.7 Å². The molecule has 108 valence electrons. The maximum Gasteiger partial charge on any atom is 0.240 e. The number of nitrogens with two attached hydrogens (primary N) is 1. The summed E-state index contributed by atoms with van der Waals surface area (Å²) in [4.78, 5) is 1.34. The minimum atomic E-state index is -3.53. The highest BCUT2D eigenvalue weighted by molar-refractivity contribution is 7.89. The Morgan fingerprint density at radius 2 is 2.00 bits per heavy atom. The average Bonchev–Trinajstić information content (AvgIpc) is 2.91. The van der Waals surface area contributed by atoms with Gasteiger partial charge in [-0.15, -0.1) is 11.3 Å². The van der Waals surface area contributed by atoms with E-state index < -0.39 is 10.0 Å². The molecule has 0 aliphatic carbocycles. The lowest BCUT2D eigenvalue weighted by molar-refractivity contribution is 0.509. The first kappa shape index (κ1) is 15.0. The van der Waals surface area contributed by atoms with E-state index >= 15 is 0 Å². The highest BCUT2D eigenvalue weighted by atomic mass is 32.2. The molecule has 1 heterocycles. The minimum absolute atomic E-state index is 0.194. The van der Waals surface area contributed by atoms with Crippen LogP contribution in [0, 0.1) is 0 Å². The zero-order chi connectivity index (χ0) is 14.8. The fourth-order valence-electron chi connectivity index (χ4n) is 1.79. The third-order valence-electron chi connectivity index (χ3n) is 3.06. The Morgan fingerprint density at radius 3 is 2.60 bits per heavy atom. The fourth-order valence-corrected chi connectivity index (χ4v) is 3.91. The van der Waals surface area contributed by atoms with Crippen molar-refractivity contribution in [1.29, 1.82) is 0 Å². The van der Waals surface area contributed by atoms with Crippen molar-refractivity contribution in [2.75, 3.05) is 12.3 Å². The molecule has 0 saturated carbocycles. The first-order valence-corrected chi connectivity index (χ1v) is 8.57. The highest BCUT2D eigenvalue weighted by Gasteiger charge is 2.25. The molecular formula is C14H18N2O2S2. The highest BCUT2D eigenvalue weighted by Crippen LogP contribution is 2.27. The number of hydrogen-bond acceptors (Lipinski definition) is 4. The van der Waals surface area contributed by atoms with E-state index in [1.165, 1.54) is 12.1 Å². The van der Waals surface area contributed by atoms with Crippen LogP contribution in [0.4, 0.5) is 5.69 Å². The fraction of sp³-hybridized carbons (Fsp3) is 0.286. The maximum atomic E-state index is 12.2. The summed E-state index contributed by atoms with van der Waals surface area (Å²) in [6, 6.07) is 10.3. The summed E-state index contributed by atoms with van der Waals surface area (Å²) in [5.74, 6) is 0. The molecule has 0 amide bonds. The monoisotopic (exact) mass is 310 g/mol. The molecule has 3 N–H and O–H groups in total. The molecule has 0 radical (unpaired) electrons. The van der Waals surface area contributed by atoms with Crippen molar-refractivity contribution >= 4 is 27.0 Å². The molecule has 2 aromatic rings. The lowest BCUT2D eigenvalue weighted by Gasteiger charge is -2.23. The first-order valence-electron chi connectivity index (χ1n) is 6.20. The lowest BCUT2D eigenvalue weighted by Crippen LogP contribution is -2.36. The van der Waals surface area contributed by atoms with Crippen LogP contribution in [0.25, 0.3) is 0 Å². The second kappa shape index (κ2) is 5.55. The van der Waals surface area contributed by atoms with E-state index in [0.717, 1.165) is 4.88 Å². The smallest absolute Gasteiger partial charge is 0.240 e. The zero-order valence-corrected chi connectivity index (χ0v) is 13.1. The molecule has 2 rings (SSSR count). The van der Waals surface area contributed by atoms with E-state index in [2.05, 4.69) is 4.72 Å². The second-order valence-corrected chi connectivity index (χ2v) is 7.97. The average molecular weight is 310 g/mol. The standard InChI is InChI=1S/C14H18N2O2S2/c1-14(2,13-7-4-8-19-13)10-16-20(17,18)12-6-3-5-11(15)9-12/h3-9,16H,10,15H2,1-2H3. The lowest BCUT2D eigenvalue weighted by atomic mass is 9.92. The van der Waals surface area contributed by atoms with Gasteiger partial charge in [-0.05, 0) is 29.6 Å². The van der Waals surface area contributed by atoms with Crippen molar-refractivity contribution < 1.29 is 8.42 Å². The van der Waals surface area contributed by atoms with Gasteiger partial charge < -0.3 is 5.73 Å². The van der Waals surface area contributed by atoms with E-state index in [4.69, 9.17) is 5.73 Å². The van der Waals surface area contributed by atoms with Crippen molar-refractivity contribution in [2.24, 2.45) is 0 Å². The van der Waals surface area contributed by atoms with Crippen LogP contribution in [-0.2, 0) is 15.4 Å². The Hall–Kier alpha value is -1.37. The Bertz CT molecular complexity index is 677. The van der Waals surface area contributed by atoms with Crippen LogP contribution >= 0.6 is 11.3 Å². The van der Waals surface area contributed by atoms with Crippen LogP contribution in [0.1, 0.15) is 18.7 Å². The predicted molar refractivity (Wildman–Crippen MR) is 83.4 cm³/mol. The molecule has 6 heteroatoms. The molecule has 1 aromatic heterocycles. The SMILES string of the molecule is CC(C)(CNS(=O)(=O)c1cccc(N)c1)c1cccs1. The van der Waals surface area contributed by atoms with Gasteiger partial charge in [0.1, 0.15) is 0 Å². The largest absolute Gasteiger partial charge is 0.399 e. The zero-order valence-electron chi connectivity index (χ0n) is 11.5. The molecule has 0 saturated heterocycles. The molecule has 4 nitrogen and oxygen atoms in total. The van der Waals surface area contributed by atoms with Gasteiger partial charge in [0.2, 0.25) is 10.0 Å². The third-order valence-corrected chi connectivity index (χ3v) is 5.70. The van der Waals surface area contributed by atoms with E-state index in [-0.39, 0.29) is 10.3 Å². The van der Waals surface area contributed by atoms with Crippen LogP contribution in [-0.4, -0.2) is 15.0 Å². The normalized spacial score (nSPS) is 12.5. The Morgan fingerprint density at radius 1 is 1.25 bits per heavy atom. The van der Waals surface area contributed by atoms with Crippen LogP contribution in [0.5, 0.6) is 0 Å². The molecule has 0 unspecified atom stereocenters. The van der Waals surface area contributed by atoms with Crippen molar-refractivity contribution in [2.45, 2.75) is 24.2 Å². The summed E-state index contributed by atoms with van der Waals surface area (Å²) in [5.41, 5.74) is 5.81. The quantitative estimate of drug-likeness (QED) is 0.834. The number of rotatable bonds is 5. The van der Waals surface area contributed by atoms with Crippen molar-refractivity contribution in [1.82, 2.24) is 4.72 Å². The summed E-state index contributed by atoms with van der Waals surface area (Å²) >= 11 is 1.62. The molecule has 0 atom stereocenters. The van der Waals surface area contributed by atoms with Gasteiger partial charge in [0.15, 0.2) is 0 Å². The summed E-state index contributed by atoms with van der Waals surface area (Å²) in [7, 11) is -3.53. The van der Waals surface area contributed by atoms with Crippen LogP contribution < -0.4 is 10.5 Å². The summed E-state index contributed by atoms with van der Waals surface area (Å²) in [5, 5.41) is 1.99. The molecule has 0 fully saturated rings. The summed E-state index contributed by atoms with van der Waals surface area (Å²) in [6.45, 7) is 4.37. The number of sulfonamides is 1. The van der Waals surface area contributed by atoms with Gasteiger partial charge in [-0.2, -0.15) is 0 Å². The number of nitrogen functional groups attached to an aromatic ring is 1. The van der Waals surface area contributed by atoms with E-state index in [1.807, 2.05) is 31.4 Å². The van der Waals surface area contributed by atoms with Gasteiger partial charge in [0, 0.05) is 22.5 Å². The molecule has 0 aliphatic rings. The topological polar surface area (TPSA) is 72.2 Å². The van der Waals surface area contributed by atoms with Gasteiger partial charge in [-0.1, -0.05) is 26.0 Å². The molecule has 1 aromatic carbocycles. The van der Waals surface area contributed by atoms with Crippen LogP contribution in [0.2, 0.25) is 0 Å². The van der Waals surface area contributed by atoms with Crippen molar-refractivity contribution in [3.8, 4) is 0 Å². The maximum absolute atomic E-state index is 12.2. The molecule has 20 heavy (non-hydrogen) atoms. The third kappa shape index (κ3) is 3.39. The second-order valence-electron chi connectivity index (χ2n) is 5.26. The minimum Gasteiger partial charge on any atom is -0.399 e. The first-order chi connectivity index (χ1) is 9.31. The summed E-state index contributed by atoms with van der Waals surface area (Å²) < 4.78 is 27.1. The van der Waals surface area contributed by atoms with Gasteiger partial charge in [-0.25, -0.2) is 13.1 Å².